The van der Waals surface area contributed by atoms with Crippen LogP contribution in [0, 0.1) is 4.77 Å². The fourth-order valence-corrected chi connectivity index (χ4v) is 2.99. The van der Waals surface area contributed by atoms with Crippen LogP contribution in [0.15, 0.2) is 48.5 Å². The van der Waals surface area contributed by atoms with Crippen molar-refractivity contribution in [3.05, 3.63) is 64.1 Å². The molecule has 1 N–H and O–H groups in total. The highest BCUT2D eigenvalue weighted by atomic mass is 35.5. The molecule has 2 heterocycles. The average Bonchev–Trinajstić information content (AvgIpc) is 3.11. The van der Waals surface area contributed by atoms with Crippen LogP contribution in [0.4, 0.5) is 0 Å². The molecule has 0 radical (unpaired) electrons. The molecule has 0 spiro atoms. The van der Waals surface area contributed by atoms with Gasteiger partial charge < -0.3 is 9.13 Å². The van der Waals surface area contributed by atoms with Gasteiger partial charge in [0.1, 0.15) is 5.82 Å². The highest BCUT2D eigenvalue weighted by Crippen LogP contribution is 2.26. The maximum absolute atomic E-state index is 6.01. The third-order valence-corrected chi connectivity index (χ3v) is 4.65. The highest BCUT2D eigenvalue weighted by Gasteiger charge is 2.14. The van der Waals surface area contributed by atoms with Gasteiger partial charge in [0.25, 0.3) is 0 Å². The van der Waals surface area contributed by atoms with Crippen LogP contribution in [0.25, 0.3) is 22.4 Å². The van der Waals surface area contributed by atoms with E-state index in [1.807, 2.05) is 54.1 Å². The Morgan fingerprint density at radius 3 is 2.58 bits per heavy atom. The van der Waals surface area contributed by atoms with Crippen LogP contribution in [0.3, 0.4) is 0 Å². The van der Waals surface area contributed by atoms with Gasteiger partial charge in [0, 0.05) is 17.6 Å². The predicted molar refractivity (Wildman–Crippen MR) is 97.7 cm³/mol. The quantitative estimate of drug-likeness (QED) is 0.560. The van der Waals surface area contributed by atoms with Crippen LogP contribution < -0.4 is 0 Å². The van der Waals surface area contributed by atoms with Gasteiger partial charge in [-0.25, -0.2) is 4.98 Å². The first-order valence-corrected chi connectivity index (χ1v) is 8.23. The zero-order chi connectivity index (χ0) is 16.7. The maximum Gasteiger partial charge on any atom is 0.194 e. The number of hydrogen-bond acceptors (Lipinski definition) is 3. The normalized spacial score (nSPS) is 11.2. The van der Waals surface area contributed by atoms with Crippen molar-refractivity contribution in [3.63, 3.8) is 0 Å². The average molecular weight is 356 g/mol. The molecular weight excluding hydrogens is 342 g/mol. The van der Waals surface area contributed by atoms with Gasteiger partial charge >= 0.3 is 0 Å². The van der Waals surface area contributed by atoms with Crippen LogP contribution in [0.5, 0.6) is 0 Å². The van der Waals surface area contributed by atoms with E-state index in [0.717, 1.165) is 28.2 Å². The van der Waals surface area contributed by atoms with Gasteiger partial charge in [-0.15, -0.1) is 0 Å². The lowest BCUT2D eigenvalue weighted by Crippen LogP contribution is -2.07. The molecular formula is C17H14ClN5S. The van der Waals surface area contributed by atoms with Crippen molar-refractivity contribution in [2.75, 3.05) is 0 Å². The van der Waals surface area contributed by atoms with Crippen LogP contribution in [-0.4, -0.2) is 24.3 Å². The van der Waals surface area contributed by atoms with E-state index in [1.54, 1.807) is 0 Å². The van der Waals surface area contributed by atoms with Crippen molar-refractivity contribution in [1.29, 1.82) is 0 Å². The lowest BCUT2D eigenvalue weighted by atomic mass is 10.2. The first-order valence-electron chi connectivity index (χ1n) is 7.45. The zero-order valence-electron chi connectivity index (χ0n) is 12.9. The molecule has 0 unspecified atom stereocenters. The first-order chi connectivity index (χ1) is 11.6. The third-order valence-electron chi connectivity index (χ3n) is 4.03. The number of H-pyrrole nitrogens is 1. The summed E-state index contributed by atoms with van der Waals surface area (Å²) in [5.41, 5.74) is 3.00. The number of benzene rings is 2. The molecule has 24 heavy (non-hydrogen) atoms. The van der Waals surface area contributed by atoms with E-state index in [-0.39, 0.29) is 0 Å². The zero-order valence-corrected chi connectivity index (χ0v) is 14.5. The second-order valence-electron chi connectivity index (χ2n) is 5.52. The number of nitrogens with zero attached hydrogens (tertiary/aromatic N) is 4. The van der Waals surface area contributed by atoms with Crippen molar-refractivity contribution in [1.82, 2.24) is 24.3 Å². The van der Waals surface area contributed by atoms with Gasteiger partial charge in [-0.05, 0) is 48.6 Å². The molecule has 0 atom stereocenters. The predicted octanol–water partition coefficient (Wildman–Crippen LogP) is 4.20. The van der Waals surface area contributed by atoms with Crippen LogP contribution in [0.1, 0.15) is 5.82 Å². The Kier molecular flexibility index (Phi) is 3.70. The lowest BCUT2D eigenvalue weighted by molar-refractivity contribution is 0.713. The van der Waals surface area contributed by atoms with Crippen LogP contribution in [-0.2, 0) is 13.6 Å². The first kappa shape index (κ1) is 15.1. The summed E-state index contributed by atoms with van der Waals surface area (Å²) < 4.78 is 4.61. The molecule has 0 saturated carbocycles. The van der Waals surface area contributed by atoms with Crippen molar-refractivity contribution in [2.45, 2.75) is 6.54 Å². The lowest BCUT2D eigenvalue weighted by Gasteiger charge is -2.09. The molecule has 0 aliphatic rings. The maximum atomic E-state index is 6.01. The summed E-state index contributed by atoms with van der Waals surface area (Å²) in [4.78, 5) is 4.79. The van der Waals surface area contributed by atoms with E-state index in [1.165, 1.54) is 0 Å². The summed E-state index contributed by atoms with van der Waals surface area (Å²) in [6.07, 6.45) is 0. The number of nitrogens with one attached hydrogen (secondary N) is 1. The second-order valence-corrected chi connectivity index (χ2v) is 6.34. The number of imidazole rings is 1. The number of para-hydroxylation sites is 2. The molecule has 4 aromatic rings. The molecule has 0 fully saturated rings. The fraction of sp³-hybridized carbons (Fsp3) is 0.118. The van der Waals surface area contributed by atoms with Crippen molar-refractivity contribution in [3.8, 4) is 11.4 Å². The molecule has 4 rings (SSSR count). The Morgan fingerprint density at radius 2 is 1.88 bits per heavy atom. The van der Waals surface area contributed by atoms with Gasteiger partial charge in [0.05, 0.1) is 17.6 Å². The minimum atomic E-state index is 0.572. The summed E-state index contributed by atoms with van der Waals surface area (Å²) in [6.45, 7) is 0.572. The fourth-order valence-electron chi connectivity index (χ4n) is 2.72. The largest absolute Gasteiger partial charge is 0.316 e. The molecule has 0 bridgehead atoms. The highest BCUT2D eigenvalue weighted by molar-refractivity contribution is 7.71. The van der Waals surface area contributed by atoms with Gasteiger partial charge in [0.2, 0.25) is 0 Å². The van der Waals surface area contributed by atoms with Crippen LogP contribution in [0.2, 0.25) is 5.02 Å². The smallest absolute Gasteiger partial charge is 0.194 e. The van der Waals surface area contributed by atoms with Crippen LogP contribution >= 0.6 is 23.8 Å². The number of aromatic amines is 1. The van der Waals surface area contributed by atoms with E-state index in [2.05, 4.69) is 20.8 Å². The third kappa shape index (κ3) is 2.53. The van der Waals surface area contributed by atoms with Gasteiger partial charge in [-0.2, -0.15) is 5.10 Å². The Morgan fingerprint density at radius 1 is 1.12 bits per heavy atom. The standard InChI is InChI=1S/C17H14ClN5S/c1-22-15(20-21-17(22)24)10-23-14-5-3-2-4-13(14)19-16(23)11-6-8-12(18)9-7-11/h2-9H,10H2,1H3,(H,21,24). The number of hydrogen-bond donors (Lipinski definition) is 1. The number of fused-ring (bicyclic) bond motifs is 1. The summed E-state index contributed by atoms with van der Waals surface area (Å²) >= 11 is 11.2. The Balaban J connectivity index is 1.91. The topological polar surface area (TPSA) is 51.4 Å². The van der Waals surface area contributed by atoms with Crippen molar-refractivity contribution < 1.29 is 0 Å². The van der Waals surface area contributed by atoms with Gasteiger partial charge in [-0.1, -0.05) is 23.7 Å². The Hall–Kier alpha value is -2.44. The van der Waals surface area contributed by atoms with Gasteiger partial charge in [0.15, 0.2) is 10.6 Å². The summed E-state index contributed by atoms with van der Waals surface area (Å²) in [5.74, 6) is 1.72. The molecule has 120 valence electrons. The van der Waals surface area contributed by atoms with Gasteiger partial charge in [-0.3, -0.25) is 5.10 Å². The minimum Gasteiger partial charge on any atom is -0.316 e. The Bertz CT molecular complexity index is 1070. The molecule has 2 aromatic carbocycles. The summed E-state index contributed by atoms with van der Waals surface area (Å²) in [7, 11) is 1.91. The van der Waals surface area contributed by atoms with E-state index >= 15 is 0 Å². The minimum absolute atomic E-state index is 0.572. The monoisotopic (exact) mass is 355 g/mol. The second kappa shape index (κ2) is 5.89. The molecule has 5 nitrogen and oxygen atoms in total. The van der Waals surface area contributed by atoms with E-state index < -0.39 is 0 Å². The molecule has 0 aliphatic heterocycles. The van der Waals surface area contributed by atoms with E-state index in [0.29, 0.717) is 16.3 Å². The molecule has 2 aromatic heterocycles. The number of aromatic nitrogens is 5. The van der Waals surface area contributed by atoms with Crippen molar-refractivity contribution in [2.24, 2.45) is 7.05 Å². The van der Waals surface area contributed by atoms with E-state index in [4.69, 9.17) is 28.8 Å². The van der Waals surface area contributed by atoms with E-state index in [9.17, 15) is 0 Å². The SMILES string of the molecule is Cn1c(Cn2c(-c3ccc(Cl)cc3)nc3ccccc32)n[nH]c1=S. The number of rotatable bonds is 3. The summed E-state index contributed by atoms with van der Waals surface area (Å²) in [5, 5.41) is 7.86. The number of halogens is 1. The molecule has 0 aliphatic carbocycles. The van der Waals surface area contributed by atoms with Crippen molar-refractivity contribution >= 4 is 34.9 Å². The molecule has 0 amide bonds. The summed E-state index contributed by atoms with van der Waals surface area (Å²) in [6, 6.07) is 15.8. The Labute approximate surface area is 148 Å². The molecule has 7 heteroatoms. The molecule has 0 saturated heterocycles.